The summed E-state index contributed by atoms with van der Waals surface area (Å²) in [5.41, 5.74) is 5.96. The molecule has 2 heterocycles. The first kappa shape index (κ1) is 12.7. The average Bonchev–Trinajstić information content (AvgIpc) is 2.79. The van der Waals surface area contributed by atoms with Crippen LogP contribution in [0.3, 0.4) is 0 Å². The lowest BCUT2D eigenvalue weighted by atomic mass is 10.0. The Hall–Kier alpha value is 0.230. The molecular weight excluding hydrogens is 220 g/mol. The lowest BCUT2D eigenvalue weighted by Crippen LogP contribution is -2.56. The van der Waals surface area contributed by atoms with E-state index >= 15 is 0 Å². The predicted molar refractivity (Wildman–Crippen MR) is 69.9 cm³/mol. The van der Waals surface area contributed by atoms with E-state index in [0.717, 1.165) is 19.7 Å². The Kier molecular flexibility index (Phi) is 4.53. The van der Waals surface area contributed by atoms with Gasteiger partial charge in [0, 0.05) is 42.8 Å². The van der Waals surface area contributed by atoms with E-state index in [0.29, 0.717) is 23.4 Å². The van der Waals surface area contributed by atoms with Gasteiger partial charge in [0.05, 0.1) is 6.10 Å². The Morgan fingerprint density at radius 3 is 2.94 bits per heavy atom. The van der Waals surface area contributed by atoms with Gasteiger partial charge < -0.3 is 10.5 Å². The molecule has 2 aliphatic rings. The third-order valence-electron chi connectivity index (χ3n) is 3.99. The number of hydrogen-bond donors (Lipinski definition) is 1. The Labute approximate surface area is 103 Å². The summed E-state index contributed by atoms with van der Waals surface area (Å²) >= 11 is 2.08. The molecule has 2 aliphatic heterocycles. The summed E-state index contributed by atoms with van der Waals surface area (Å²) in [6, 6.07) is 1.05. The second-order valence-electron chi connectivity index (χ2n) is 4.91. The molecule has 0 aliphatic carbocycles. The highest BCUT2D eigenvalue weighted by Gasteiger charge is 2.35. The highest BCUT2D eigenvalue weighted by molar-refractivity contribution is 8.00. The van der Waals surface area contributed by atoms with Gasteiger partial charge >= 0.3 is 0 Å². The first-order valence-corrected chi connectivity index (χ1v) is 7.48. The van der Waals surface area contributed by atoms with Gasteiger partial charge in [-0.2, -0.15) is 11.8 Å². The monoisotopic (exact) mass is 244 g/mol. The van der Waals surface area contributed by atoms with Crippen molar-refractivity contribution in [2.45, 2.75) is 50.1 Å². The number of ether oxygens (including phenoxy) is 1. The molecule has 3 nitrogen and oxygen atoms in total. The average molecular weight is 244 g/mol. The summed E-state index contributed by atoms with van der Waals surface area (Å²) < 4.78 is 5.81. The Morgan fingerprint density at radius 2 is 2.31 bits per heavy atom. The molecule has 0 aromatic rings. The van der Waals surface area contributed by atoms with Crippen molar-refractivity contribution in [3.05, 3.63) is 0 Å². The summed E-state index contributed by atoms with van der Waals surface area (Å²) in [7, 11) is 0. The first-order chi connectivity index (χ1) is 7.74. The van der Waals surface area contributed by atoms with Crippen molar-refractivity contribution in [1.82, 2.24) is 4.90 Å². The quantitative estimate of drug-likeness (QED) is 0.812. The summed E-state index contributed by atoms with van der Waals surface area (Å²) in [6.45, 7) is 7.47. The van der Waals surface area contributed by atoms with Crippen LogP contribution in [0.1, 0.15) is 26.7 Å². The van der Waals surface area contributed by atoms with Crippen LogP contribution in [0, 0.1) is 0 Å². The maximum atomic E-state index is 5.96. The van der Waals surface area contributed by atoms with Crippen LogP contribution in [0.5, 0.6) is 0 Å². The molecule has 0 amide bonds. The lowest BCUT2D eigenvalue weighted by molar-refractivity contribution is 0.0128. The molecule has 4 atom stereocenters. The largest absolute Gasteiger partial charge is 0.377 e. The first-order valence-electron chi connectivity index (χ1n) is 6.43. The molecule has 0 radical (unpaired) electrons. The van der Waals surface area contributed by atoms with Crippen LogP contribution in [0.15, 0.2) is 0 Å². The zero-order chi connectivity index (χ0) is 11.5. The molecular formula is C12H24N2OS. The third-order valence-corrected chi connectivity index (χ3v) is 5.33. The summed E-state index contributed by atoms with van der Waals surface area (Å²) in [5, 5.41) is 0.712. The van der Waals surface area contributed by atoms with E-state index in [1.54, 1.807) is 0 Å². The van der Waals surface area contributed by atoms with Crippen LogP contribution < -0.4 is 5.73 Å². The van der Waals surface area contributed by atoms with Gasteiger partial charge in [-0.05, 0) is 19.8 Å². The fourth-order valence-corrected chi connectivity index (χ4v) is 3.95. The second kappa shape index (κ2) is 5.71. The van der Waals surface area contributed by atoms with Crippen molar-refractivity contribution in [3.8, 4) is 0 Å². The summed E-state index contributed by atoms with van der Waals surface area (Å²) in [5.74, 6) is 1.23. The molecule has 0 aromatic heterocycles. The smallest absolute Gasteiger partial charge is 0.0743 e. The van der Waals surface area contributed by atoms with Crippen LogP contribution in [-0.4, -0.2) is 53.8 Å². The topological polar surface area (TPSA) is 38.5 Å². The molecule has 0 spiro atoms. The van der Waals surface area contributed by atoms with Gasteiger partial charge in [0.2, 0.25) is 0 Å². The molecule has 2 N–H and O–H groups in total. The minimum absolute atomic E-state index is 0.378. The fourth-order valence-electron chi connectivity index (χ4n) is 2.83. The molecule has 4 heteroatoms. The van der Waals surface area contributed by atoms with E-state index in [1.165, 1.54) is 18.6 Å². The van der Waals surface area contributed by atoms with Crippen LogP contribution in [0.25, 0.3) is 0 Å². The van der Waals surface area contributed by atoms with Gasteiger partial charge in [0.1, 0.15) is 0 Å². The number of hydrogen-bond acceptors (Lipinski definition) is 4. The van der Waals surface area contributed by atoms with Crippen molar-refractivity contribution >= 4 is 11.8 Å². The molecule has 2 fully saturated rings. The number of thioether (sulfide) groups is 1. The van der Waals surface area contributed by atoms with E-state index in [2.05, 4.69) is 30.5 Å². The number of rotatable bonds is 3. The maximum Gasteiger partial charge on any atom is 0.0743 e. The Morgan fingerprint density at radius 1 is 1.50 bits per heavy atom. The lowest BCUT2D eigenvalue weighted by Gasteiger charge is -2.44. The molecule has 0 bridgehead atoms. The van der Waals surface area contributed by atoms with Gasteiger partial charge in [-0.3, -0.25) is 4.90 Å². The van der Waals surface area contributed by atoms with E-state index < -0.39 is 0 Å². The van der Waals surface area contributed by atoms with Crippen LogP contribution in [0.2, 0.25) is 0 Å². The van der Waals surface area contributed by atoms with Crippen LogP contribution in [-0.2, 0) is 4.74 Å². The van der Waals surface area contributed by atoms with Gasteiger partial charge in [0.15, 0.2) is 0 Å². The van der Waals surface area contributed by atoms with Crippen molar-refractivity contribution in [2.24, 2.45) is 5.73 Å². The van der Waals surface area contributed by atoms with E-state index in [4.69, 9.17) is 10.5 Å². The minimum Gasteiger partial charge on any atom is -0.377 e. The van der Waals surface area contributed by atoms with Crippen molar-refractivity contribution < 1.29 is 4.74 Å². The summed E-state index contributed by atoms with van der Waals surface area (Å²) in [6.07, 6.45) is 2.77. The molecule has 2 rings (SSSR count). The van der Waals surface area contributed by atoms with Gasteiger partial charge in [0.25, 0.3) is 0 Å². The van der Waals surface area contributed by atoms with Crippen LogP contribution >= 0.6 is 11.8 Å². The standard InChI is InChI=1S/C12H24N2OS/c1-9-10(2)16-7-5-14(9)11(8-13)12-4-3-6-15-12/h9-12H,3-8,13H2,1-2H3. The van der Waals surface area contributed by atoms with Gasteiger partial charge in [-0.15, -0.1) is 0 Å². The molecule has 4 unspecified atom stereocenters. The SMILES string of the molecule is CC1SCCN(C(CN)C2CCCO2)C1C. The normalized spacial score (nSPS) is 38.8. The molecule has 0 saturated carbocycles. The Balaban J connectivity index is 2.01. The number of nitrogens with zero attached hydrogens (tertiary/aromatic N) is 1. The number of nitrogens with two attached hydrogens (primary N) is 1. The zero-order valence-electron chi connectivity index (χ0n) is 10.4. The van der Waals surface area contributed by atoms with Gasteiger partial charge in [-0.1, -0.05) is 6.92 Å². The third kappa shape index (κ3) is 2.55. The highest BCUT2D eigenvalue weighted by Crippen LogP contribution is 2.29. The predicted octanol–water partition coefficient (Wildman–Crippen LogP) is 1.32. The molecule has 2 saturated heterocycles. The van der Waals surface area contributed by atoms with Crippen molar-refractivity contribution in [2.75, 3.05) is 25.4 Å². The molecule has 0 aromatic carbocycles. The summed E-state index contributed by atoms with van der Waals surface area (Å²) in [4.78, 5) is 2.58. The van der Waals surface area contributed by atoms with Crippen LogP contribution in [0.4, 0.5) is 0 Å². The fraction of sp³-hybridized carbons (Fsp3) is 1.00. The van der Waals surface area contributed by atoms with E-state index in [1.807, 2.05) is 0 Å². The second-order valence-corrected chi connectivity index (χ2v) is 6.39. The van der Waals surface area contributed by atoms with E-state index in [-0.39, 0.29) is 0 Å². The van der Waals surface area contributed by atoms with Crippen molar-refractivity contribution in [1.29, 1.82) is 0 Å². The van der Waals surface area contributed by atoms with E-state index in [9.17, 15) is 0 Å². The van der Waals surface area contributed by atoms with Crippen molar-refractivity contribution in [3.63, 3.8) is 0 Å². The molecule has 16 heavy (non-hydrogen) atoms. The Bertz CT molecular complexity index is 219. The van der Waals surface area contributed by atoms with Gasteiger partial charge in [-0.25, -0.2) is 0 Å². The minimum atomic E-state index is 0.378. The maximum absolute atomic E-state index is 5.96. The highest BCUT2D eigenvalue weighted by atomic mass is 32.2. The molecule has 94 valence electrons. The zero-order valence-corrected chi connectivity index (χ0v) is 11.2.